The summed E-state index contributed by atoms with van der Waals surface area (Å²) >= 11 is 0. The Labute approximate surface area is 117 Å². The molecule has 1 aromatic rings. The standard InChI is InChI=1S/C13H16ClNO3S/c1-8-7-11(19(14,17)18)5-6-12(8)13(16)15-9(2)10-3-4-10/h5-7,9-10H,3-4H2,1-2H3,(H,15,16). The highest BCUT2D eigenvalue weighted by molar-refractivity contribution is 8.13. The Morgan fingerprint density at radius 2 is 2.05 bits per heavy atom. The average Bonchev–Trinajstić information content (AvgIpc) is 3.10. The first-order valence-electron chi connectivity index (χ1n) is 6.15. The first-order chi connectivity index (χ1) is 8.79. The summed E-state index contributed by atoms with van der Waals surface area (Å²) in [6, 6.07) is 4.42. The second kappa shape index (κ2) is 5.13. The number of halogens is 1. The minimum Gasteiger partial charge on any atom is -0.349 e. The van der Waals surface area contributed by atoms with Crippen LogP contribution in [0.4, 0.5) is 0 Å². The predicted octanol–water partition coefficient (Wildman–Crippen LogP) is 2.45. The zero-order chi connectivity index (χ0) is 14.2. The van der Waals surface area contributed by atoms with Crippen LogP contribution in [0.25, 0.3) is 0 Å². The number of amides is 1. The van der Waals surface area contributed by atoms with Gasteiger partial charge in [0.1, 0.15) is 0 Å². The van der Waals surface area contributed by atoms with E-state index in [0.717, 1.165) is 12.8 Å². The van der Waals surface area contributed by atoms with Crippen molar-refractivity contribution in [3.8, 4) is 0 Å². The minimum absolute atomic E-state index is 0.0125. The van der Waals surface area contributed by atoms with E-state index in [0.29, 0.717) is 17.0 Å². The molecule has 1 aliphatic rings. The van der Waals surface area contributed by atoms with Crippen LogP contribution in [0.2, 0.25) is 0 Å². The first kappa shape index (κ1) is 14.3. The molecule has 0 spiro atoms. The van der Waals surface area contributed by atoms with Gasteiger partial charge in [-0.1, -0.05) is 0 Å². The van der Waals surface area contributed by atoms with Crippen LogP contribution >= 0.6 is 10.7 Å². The molecule has 4 nitrogen and oxygen atoms in total. The third-order valence-corrected chi connectivity index (χ3v) is 4.76. The van der Waals surface area contributed by atoms with E-state index in [1.165, 1.54) is 18.2 Å². The molecule has 1 unspecified atom stereocenters. The Balaban J connectivity index is 2.18. The Bertz CT molecular complexity index is 608. The fraction of sp³-hybridized carbons (Fsp3) is 0.462. The highest BCUT2D eigenvalue weighted by Gasteiger charge is 2.29. The molecule has 1 fully saturated rings. The van der Waals surface area contributed by atoms with Gasteiger partial charge in [0, 0.05) is 22.3 Å². The second-order valence-corrected chi connectivity index (χ2v) is 7.58. The van der Waals surface area contributed by atoms with Crippen molar-refractivity contribution in [2.75, 3.05) is 0 Å². The molecule has 0 radical (unpaired) electrons. The Morgan fingerprint density at radius 1 is 1.42 bits per heavy atom. The molecule has 1 N–H and O–H groups in total. The van der Waals surface area contributed by atoms with Gasteiger partial charge >= 0.3 is 0 Å². The van der Waals surface area contributed by atoms with Gasteiger partial charge in [-0.2, -0.15) is 0 Å². The van der Waals surface area contributed by atoms with Crippen LogP contribution in [-0.2, 0) is 9.05 Å². The minimum atomic E-state index is -3.75. The number of nitrogens with one attached hydrogen (secondary N) is 1. The van der Waals surface area contributed by atoms with Crippen molar-refractivity contribution in [3.05, 3.63) is 29.3 Å². The number of carbonyl (C=O) groups excluding carboxylic acids is 1. The smallest absolute Gasteiger partial charge is 0.261 e. The fourth-order valence-electron chi connectivity index (χ4n) is 2.04. The van der Waals surface area contributed by atoms with Gasteiger partial charge in [0.05, 0.1) is 4.90 Å². The van der Waals surface area contributed by atoms with Crippen molar-refractivity contribution in [3.63, 3.8) is 0 Å². The third kappa shape index (κ3) is 3.48. The normalized spacial score (nSPS) is 17.0. The summed E-state index contributed by atoms with van der Waals surface area (Å²) in [5, 5.41) is 2.94. The maximum absolute atomic E-state index is 12.1. The van der Waals surface area contributed by atoms with Gasteiger partial charge in [-0.15, -0.1) is 0 Å². The van der Waals surface area contributed by atoms with E-state index >= 15 is 0 Å². The van der Waals surface area contributed by atoms with Crippen LogP contribution in [0.1, 0.15) is 35.7 Å². The van der Waals surface area contributed by atoms with Crippen molar-refractivity contribution < 1.29 is 13.2 Å². The summed E-state index contributed by atoms with van der Waals surface area (Å²) in [5.41, 5.74) is 1.08. The van der Waals surface area contributed by atoms with Crippen LogP contribution in [0.15, 0.2) is 23.1 Å². The monoisotopic (exact) mass is 301 g/mol. The van der Waals surface area contributed by atoms with Crippen LogP contribution < -0.4 is 5.32 Å². The molecule has 6 heteroatoms. The molecule has 0 aromatic heterocycles. The lowest BCUT2D eigenvalue weighted by molar-refractivity contribution is 0.0935. The zero-order valence-corrected chi connectivity index (χ0v) is 12.4. The summed E-state index contributed by atoms with van der Waals surface area (Å²) in [7, 11) is 1.51. The van der Waals surface area contributed by atoms with Gasteiger partial charge < -0.3 is 5.32 Å². The molecule has 19 heavy (non-hydrogen) atoms. The number of hydrogen-bond acceptors (Lipinski definition) is 3. The van der Waals surface area contributed by atoms with Crippen LogP contribution in [0, 0.1) is 12.8 Å². The Morgan fingerprint density at radius 3 is 2.53 bits per heavy atom. The largest absolute Gasteiger partial charge is 0.349 e. The second-order valence-electron chi connectivity index (χ2n) is 5.01. The molecule has 1 amide bonds. The molecule has 0 saturated heterocycles. The SMILES string of the molecule is Cc1cc(S(=O)(=O)Cl)ccc1C(=O)NC(C)C1CC1. The summed E-state index contributed by atoms with van der Waals surface area (Å²) in [6.45, 7) is 3.69. The van der Waals surface area contributed by atoms with Crippen LogP contribution in [0.5, 0.6) is 0 Å². The Hall–Kier alpha value is -1.07. The quantitative estimate of drug-likeness (QED) is 0.869. The van der Waals surface area contributed by atoms with E-state index in [9.17, 15) is 13.2 Å². The molecule has 1 aromatic carbocycles. The van der Waals surface area contributed by atoms with Gasteiger partial charge in [0.25, 0.3) is 15.0 Å². The van der Waals surface area contributed by atoms with E-state index in [-0.39, 0.29) is 16.8 Å². The summed E-state index contributed by atoms with van der Waals surface area (Å²) < 4.78 is 22.4. The molecular formula is C13H16ClNO3S. The zero-order valence-electron chi connectivity index (χ0n) is 10.8. The van der Waals surface area contributed by atoms with E-state index in [2.05, 4.69) is 5.32 Å². The highest BCUT2D eigenvalue weighted by atomic mass is 35.7. The maximum atomic E-state index is 12.1. The van der Waals surface area contributed by atoms with Crippen molar-refractivity contribution in [1.29, 1.82) is 0 Å². The summed E-state index contributed by atoms with van der Waals surface area (Å²) in [4.78, 5) is 12.1. The molecule has 1 saturated carbocycles. The van der Waals surface area contributed by atoms with Gasteiger partial charge in [0.15, 0.2) is 0 Å². The lowest BCUT2D eigenvalue weighted by Gasteiger charge is -2.14. The summed E-state index contributed by atoms with van der Waals surface area (Å²) in [5.74, 6) is 0.405. The number of benzene rings is 1. The lowest BCUT2D eigenvalue weighted by atomic mass is 10.1. The van der Waals surface area contributed by atoms with E-state index < -0.39 is 9.05 Å². The molecule has 0 bridgehead atoms. The van der Waals surface area contributed by atoms with Gasteiger partial charge in [-0.3, -0.25) is 4.79 Å². The topological polar surface area (TPSA) is 63.2 Å². The number of aryl methyl sites for hydroxylation is 1. The highest BCUT2D eigenvalue weighted by Crippen LogP contribution is 2.32. The Kier molecular flexibility index (Phi) is 3.87. The predicted molar refractivity (Wildman–Crippen MR) is 73.9 cm³/mol. The average molecular weight is 302 g/mol. The third-order valence-electron chi connectivity index (χ3n) is 3.41. The van der Waals surface area contributed by atoms with Crippen molar-refractivity contribution >= 4 is 25.6 Å². The number of carbonyl (C=O) groups is 1. The molecule has 1 aliphatic carbocycles. The first-order valence-corrected chi connectivity index (χ1v) is 8.46. The lowest BCUT2D eigenvalue weighted by Crippen LogP contribution is -2.34. The van der Waals surface area contributed by atoms with Crippen molar-refractivity contribution in [1.82, 2.24) is 5.32 Å². The van der Waals surface area contributed by atoms with Crippen molar-refractivity contribution in [2.45, 2.75) is 37.6 Å². The number of hydrogen-bond donors (Lipinski definition) is 1. The summed E-state index contributed by atoms with van der Waals surface area (Å²) in [6.07, 6.45) is 2.31. The van der Waals surface area contributed by atoms with Gasteiger partial charge in [-0.25, -0.2) is 8.42 Å². The van der Waals surface area contributed by atoms with E-state index in [1.807, 2.05) is 6.92 Å². The fourth-order valence-corrected chi connectivity index (χ4v) is 2.88. The molecule has 1 atom stereocenters. The van der Waals surface area contributed by atoms with E-state index in [4.69, 9.17) is 10.7 Å². The molecular weight excluding hydrogens is 286 g/mol. The van der Waals surface area contributed by atoms with Crippen LogP contribution in [-0.4, -0.2) is 20.4 Å². The van der Waals surface area contributed by atoms with Gasteiger partial charge in [-0.05, 0) is 56.4 Å². The molecule has 2 rings (SSSR count). The van der Waals surface area contributed by atoms with Gasteiger partial charge in [0.2, 0.25) is 0 Å². The molecule has 0 heterocycles. The molecule has 0 aliphatic heterocycles. The van der Waals surface area contributed by atoms with Crippen LogP contribution in [0.3, 0.4) is 0 Å². The number of rotatable bonds is 4. The molecule has 104 valence electrons. The maximum Gasteiger partial charge on any atom is 0.261 e. The van der Waals surface area contributed by atoms with Crippen molar-refractivity contribution in [2.24, 2.45) is 5.92 Å². The van der Waals surface area contributed by atoms with E-state index in [1.54, 1.807) is 6.92 Å².